The molecule has 0 N–H and O–H groups in total. The van der Waals surface area contributed by atoms with Crippen molar-refractivity contribution in [2.75, 3.05) is 0 Å². The van der Waals surface area contributed by atoms with E-state index in [4.69, 9.17) is 15.0 Å². The number of hydrogen-bond acceptors (Lipinski definition) is 4. The third kappa shape index (κ3) is 2.80. The second-order valence-electron chi connectivity index (χ2n) is 12.8. The summed E-state index contributed by atoms with van der Waals surface area (Å²) in [4.78, 5) is 15.2. The monoisotopic (exact) mass is 629 g/mol. The fraction of sp³-hybridized carbons (Fsp3) is 0.0238. The van der Waals surface area contributed by atoms with Crippen LogP contribution in [0, 0.1) is 0 Å². The van der Waals surface area contributed by atoms with Crippen molar-refractivity contribution in [1.82, 2.24) is 23.8 Å². The Balaban J connectivity index is 1.22. The summed E-state index contributed by atoms with van der Waals surface area (Å²) >= 11 is 1.83. The SMILES string of the molecule is c1ccc2c(c1)-c1ccccc1C21c2ccccc2-c2c1cc1c3ncc(-c4ccc5c(c4)sc4ccccc45)n3c3nccnc3n21. The van der Waals surface area contributed by atoms with Crippen LogP contribution < -0.4 is 0 Å². The highest BCUT2D eigenvalue weighted by Gasteiger charge is 2.53. The molecule has 5 aromatic carbocycles. The zero-order valence-corrected chi connectivity index (χ0v) is 26.2. The summed E-state index contributed by atoms with van der Waals surface area (Å²) in [5, 5.41) is 2.58. The lowest BCUT2D eigenvalue weighted by atomic mass is 9.71. The Labute approximate surface area is 278 Å². The Morgan fingerprint density at radius 1 is 0.500 bits per heavy atom. The molecule has 12 rings (SSSR count). The number of benzene rings is 5. The Bertz CT molecular complexity index is 2990. The second kappa shape index (κ2) is 8.62. The van der Waals surface area contributed by atoms with E-state index in [1.807, 2.05) is 17.5 Å². The Hall–Kier alpha value is -6.11. The van der Waals surface area contributed by atoms with Gasteiger partial charge in [-0.25, -0.2) is 15.0 Å². The van der Waals surface area contributed by atoms with Crippen LogP contribution in [-0.2, 0) is 5.41 Å². The normalized spacial score (nSPS) is 14.0. The summed E-state index contributed by atoms with van der Waals surface area (Å²) in [6.07, 6.45) is 5.59. The summed E-state index contributed by atoms with van der Waals surface area (Å²) in [5.74, 6) is 0. The predicted molar refractivity (Wildman–Crippen MR) is 194 cm³/mol. The molecule has 1 spiro atoms. The lowest BCUT2D eigenvalue weighted by Gasteiger charge is -2.29. The van der Waals surface area contributed by atoms with Crippen molar-refractivity contribution in [1.29, 1.82) is 0 Å². The van der Waals surface area contributed by atoms with Gasteiger partial charge in [0.2, 0.25) is 0 Å². The van der Waals surface area contributed by atoms with Gasteiger partial charge in [0.05, 0.1) is 28.5 Å². The minimum atomic E-state index is -0.446. The van der Waals surface area contributed by atoms with E-state index in [9.17, 15) is 0 Å². The summed E-state index contributed by atoms with van der Waals surface area (Å²) in [7, 11) is 0. The van der Waals surface area contributed by atoms with Gasteiger partial charge < -0.3 is 0 Å². The molecule has 0 amide bonds. The fourth-order valence-corrected chi connectivity index (χ4v) is 10.0. The molecule has 0 fully saturated rings. The molecule has 48 heavy (non-hydrogen) atoms. The molecule has 0 unspecified atom stereocenters. The van der Waals surface area contributed by atoms with E-state index in [2.05, 4.69) is 130 Å². The molecule has 6 heteroatoms. The van der Waals surface area contributed by atoms with Crippen molar-refractivity contribution in [2.24, 2.45) is 0 Å². The van der Waals surface area contributed by atoms with Crippen molar-refractivity contribution < 1.29 is 0 Å². The second-order valence-corrected chi connectivity index (χ2v) is 13.9. The maximum absolute atomic E-state index is 5.15. The first-order valence-electron chi connectivity index (χ1n) is 16.2. The van der Waals surface area contributed by atoms with Crippen LogP contribution in [0.1, 0.15) is 22.3 Å². The lowest BCUT2D eigenvalue weighted by Crippen LogP contribution is -2.25. The van der Waals surface area contributed by atoms with E-state index in [1.165, 1.54) is 59.1 Å². The van der Waals surface area contributed by atoms with Crippen LogP contribution >= 0.6 is 11.3 Å². The largest absolute Gasteiger partial charge is 0.287 e. The van der Waals surface area contributed by atoms with Gasteiger partial charge in [-0.3, -0.25) is 8.80 Å². The number of fused-ring (bicyclic) bond motifs is 20. The summed E-state index contributed by atoms with van der Waals surface area (Å²) in [6, 6.07) is 44.5. The minimum Gasteiger partial charge on any atom is -0.287 e. The van der Waals surface area contributed by atoms with E-state index in [0.717, 1.165) is 39.4 Å². The van der Waals surface area contributed by atoms with E-state index in [1.54, 1.807) is 12.4 Å². The summed E-state index contributed by atoms with van der Waals surface area (Å²) in [5.41, 5.74) is 15.3. The van der Waals surface area contributed by atoms with Crippen LogP contribution in [-0.4, -0.2) is 23.8 Å². The van der Waals surface area contributed by atoms with Gasteiger partial charge in [0.25, 0.3) is 0 Å². The van der Waals surface area contributed by atoms with Gasteiger partial charge in [-0.2, -0.15) is 0 Å². The van der Waals surface area contributed by atoms with E-state index in [0.29, 0.717) is 0 Å². The Morgan fingerprint density at radius 2 is 1.12 bits per heavy atom. The molecule has 5 nitrogen and oxygen atoms in total. The van der Waals surface area contributed by atoms with Crippen molar-refractivity contribution in [2.45, 2.75) is 5.41 Å². The first kappa shape index (κ1) is 25.0. The number of hydrogen-bond donors (Lipinski definition) is 0. The number of thiophene rings is 1. The van der Waals surface area contributed by atoms with E-state index < -0.39 is 5.41 Å². The van der Waals surface area contributed by atoms with E-state index in [-0.39, 0.29) is 0 Å². The molecule has 5 heterocycles. The first-order chi connectivity index (χ1) is 23.8. The smallest absolute Gasteiger partial charge is 0.183 e. The van der Waals surface area contributed by atoms with Gasteiger partial charge in [0.15, 0.2) is 16.9 Å². The van der Waals surface area contributed by atoms with Crippen LogP contribution in [0.3, 0.4) is 0 Å². The molecule has 5 aromatic heterocycles. The van der Waals surface area contributed by atoms with Gasteiger partial charge in [-0.15, -0.1) is 11.3 Å². The van der Waals surface area contributed by atoms with Gasteiger partial charge in [-0.1, -0.05) is 103 Å². The summed E-state index contributed by atoms with van der Waals surface area (Å²) < 4.78 is 7.08. The Morgan fingerprint density at radius 3 is 1.90 bits per heavy atom. The number of aromatic nitrogens is 5. The molecule has 0 bridgehead atoms. The van der Waals surface area contributed by atoms with Gasteiger partial charge in [-0.05, 0) is 51.6 Å². The average Bonchev–Trinajstić information content (AvgIpc) is 3.95. The molecular formula is C42H23N5S. The van der Waals surface area contributed by atoms with E-state index >= 15 is 0 Å². The lowest BCUT2D eigenvalue weighted by molar-refractivity contribution is 0.795. The third-order valence-electron chi connectivity index (χ3n) is 10.7. The van der Waals surface area contributed by atoms with Gasteiger partial charge in [0, 0.05) is 43.7 Å². The van der Waals surface area contributed by atoms with Crippen molar-refractivity contribution in [3.63, 3.8) is 0 Å². The van der Waals surface area contributed by atoms with Crippen LogP contribution in [0.5, 0.6) is 0 Å². The molecule has 0 atom stereocenters. The molecule has 0 saturated carbocycles. The van der Waals surface area contributed by atoms with Gasteiger partial charge in [0.1, 0.15) is 0 Å². The molecule has 0 radical (unpaired) electrons. The zero-order valence-electron chi connectivity index (χ0n) is 25.4. The molecule has 10 aromatic rings. The Kier molecular flexibility index (Phi) is 4.50. The van der Waals surface area contributed by atoms with Crippen LogP contribution in [0.15, 0.2) is 140 Å². The first-order valence-corrected chi connectivity index (χ1v) is 17.0. The van der Waals surface area contributed by atoms with Crippen LogP contribution in [0.25, 0.3) is 76.3 Å². The molecule has 2 aliphatic rings. The number of nitrogens with zero attached hydrogens (tertiary/aromatic N) is 5. The standard InChI is InChI=1S/C42H23N5S/c1-5-13-30-25(9-1)26-10-2-6-14-31(26)42(30)32-15-7-3-12-29(32)38-33(42)22-34-39-45-23-35(47(39)41-40(46(34)38)43-19-20-44-41)24-17-18-28-27-11-4-8-16-36(27)48-37(28)21-24/h1-23H. The predicted octanol–water partition coefficient (Wildman–Crippen LogP) is 9.91. The quantitative estimate of drug-likeness (QED) is 0.182. The highest BCUT2D eigenvalue weighted by molar-refractivity contribution is 7.25. The third-order valence-corrected chi connectivity index (χ3v) is 11.8. The molecule has 222 valence electrons. The fourth-order valence-electron chi connectivity index (χ4n) is 8.90. The average molecular weight is 630 g/mol. The molecular weight excluding hydrogens is 607 g/mol. The maximum Gasteiger partial charge on any atom is 0.183 e. The minimum absolute atomic E-state index is 0.446. The topological polar surface area (TPSA) is 47.5 Å². The highest BCUT2D eigenvalue weighted by Crippen LogP contribution is 2.63. The number of imidazole rings is 1. The van der Waals surface area contributed by atoms with Crippen LogP contribution in [0.2, 0.25) is 0 Å². The molecule has 2 aliphatic carbocycles. The highest BCUT2D eigenvalue weighted by atomic mass is 32.1. The van der Waals surface area contributed by atoms with Crippen LogP contribution in [0.4, 0.5) is 0 Å². The van der Waals surface area contributed by atoms with Crippen molar-refractivity contribution in [3.8, 4) is 33.6 Å². The zero-order chi connectivity index (χ0) is 31.1. The number of rotatable bonds is 1. The molecule has 0 aliphatic heterocycles. The van der Waals surface area contributed by atoms with Crippen molar-refractivity contribution >= 4 is 54.0 Å². The summed E-state index contributed by atoms with van der Waals surface area (Å²) in [6.45, 7) is 0. The van der Waals surface area contributed by atoms with Gasteiger partial charge >= 0.3 is 0 Å². The van der Waals surface area contributed by atoms with Crippen molar-refractivity contribution in [3.05, 3.63) is 162 Å². The maximum atomic E-state index is 5.15. The molecule has 0 saturated heterocycles.